The predicted octanol–water partition coefficient (Wildman–Crippen LogP) is 1.33. The van der Waals surface area contributed by atoms with Crippen LogP contribution in [0.4, 0.5) is 4.79 Å². The SMILES string of the molecule is CC1CCN(C(=O)CNC(=O)NC2CCCCC2)C(C(=O)O)C1. The number of carboxylic acids is 1. The Kier molecular flexibility index (Phi) is 6.24. The average molecular weight is 325 g/mol. The van der Waals surface area contributed by atoms with Gasteiger partial charge in [0.2, 0.25) is 5.91 Å². The standard InChI is InChI=1S/C16H27N3O4/c1-11-7-8-19(13(9-11)15(21)22)14(20)10-17-16(23)18-12-5-3-2-4-6-12/h11-13H,2-10H2,1H3,(H,21,22)(H2,17,18,23). The second-order valence-corrected chi connectivity index (χ2v) is 6.73. The van der Waals surface area contributed by atoms with Gasteiger partial charge in [0, 0.05) is 12.6 Å². The van der Waals surface area contributed by atoms with Gasteiger partial charge in [0.25, 0.3) is 0 Å². The van der Waals surface area contributed by atoms with Crippen molar-refractivity contribution in [1.29, 1.82) is 0 Å². The molecular formula is C16H27N3O4. The first kappa shape index (κ1) is 17.6. The summed E-state index contributed by atoms with van der Waals surface area (Å²) >= 11 is 0. The van der Waals surface area contributed by atoms with Gasteiger partial charge in [-0.25, -0.2) is 9.59 Å². The number of carbonyl (C=O) groups excluding carboxylic acids is 2. The van der Waals surface area contributed by atoms with Crippen LogP contribution in [0, 0.1) is 5.92 Å². The van der Waals surface area contributed by atoms with Crippen LogP contribution in [-0.4, -0.2) is 53.1 Å². The number of likely N-dealkylation sites (tertiary alicyclic amines) is 1. The summed E-state index contributed by atoms with van der Waals surface area (Å²) in [5.74, 6) is -1.01. The normalized spacial score (nSPS) is 25.7. The summed E-state index contributed by atoms with van der Waals surface area (Å²) in [6.45, 7) is 2.27. The summed E-state index contributed by atoms with van der Waals surface area (Å²) in [5.41, 5.74) is 0. The Bertz CT molecular complexity index is 449. The zero-order valence-electron chi connectivity index (χ0n) is 13.7. The van der Waals surface area contributed by atoms with Crippen molar-refractivity contribution >= 4 is 17.9 Å². The molecule has 0 aromatic heterocycles. The summed E-state index contributed by atoms with van der Waals surface area (Å²) in [5, 5.41) is 14.7. The minimum atomic E-state index is -0.975. The quantitative estimate of drug-likeness (QED) is 0.726. The first-order valence-electron chi connectivity index (χ1n) is 8.54. The van der Waals surface area contributed by atoms with Crippen molar-refractivity contribution in [2.45, 2.75) is 64.0 Å². The summed E-state index contributed by atoms with van der Waals surface area (Å²) < 4.78 is 0. The van der Waals surface area contributed by atoms with E-state index >= 15 is 0 Å². The van der Waals surface area contributed by atoms with Crippen LogP contribution >= 0.6 is 0 Å². The second kappa shape index (κ2) is 8.17. The first-order chi connectivity index (χ1) is 11.0. The van der Waals surface area contributed by atoms with E-state index < -0.39 is 12.0 Å². The topological polar surface area (TPSA) is 98.7 Å². The van der Waals surface area contributed by atoms with Gasteiger partial charge in [-0.1, -0.05) is 26.2 Å². The van der Waals surface area contributed by atoms with Crippen LogP contribution in [0.3, 0.4) is 0 Å². The number of hydrogen-bond donors (Lipinski definition) is 3. The number of nitrogens with one attached hydrogen (secondary N) is 2. The molecule has 1 saturated heterocycles. The van der Waals surface area contributed by atoms with E-state index in [-0.39, 0.29) is 24.5 Å². The molecule has 3 N–H and O–H groups in total. The van der Waals surface area contributed by atoms with Crippen molar-refractivity contribution in [2.24, 2.45) is 5.92 Å². The minimum absolute atomic E-state index is 0.156. The third-order valence-corrected chi connectivity index (χ3v) is 4.81. The number of aliphatic carboxylic acids is 1. The zero-order valence-corrected chi connectivity index (χ0v) is 13.7. The Labute approximate surface area is 136 Å². The van der Waals surface area contributed by atoms with E-state index in [0.29, 0.717) is 18.9 Å². The van der Waals surface area contributed by atoms with E-state index in [9.17, 15) is 19.5 Å². The highest BCUT2D eigenvalue weighted by atomic mass is 16.4. The van der Waals surface area contributed by atoms with Gasteiger partial charge >= 0.3 is 12.0 Å². The number of piperidine rings is 1. The van der Waals surface area contributed by atoms with Gasteiger partial charge in [0.05, 0.1) is 6.54 Å². The highest BCUT2D eigenvalue weighted by Crippen LogP contribution is 2.22. The molecule has 2 unspecified atom stereocenters. The minimum Gasteiger partial charge on any atom is -0.480 e. The maximum atomic E-state index is 12.2. The van der Waals surface area contributed by atoms with Crippen molar-refractivity contribution in [2.75, 3.05) is 13.1 Å². The van der Waals surface area contributed by atoms with Gasteiger partial charge in [-0.3, -0.25) is 4.79 Å². The first-order valence-corrected chi connectivity index (χ1v) is 8.54. The van der Waals surface area contributed by atoms with Crippen LogP contribution in [0.5, 0.6) is 0 Å². The Morgan fingerprint density at radius 1 is 1.13 bits per heavy atom. The van der Waals surface area contributed by atoms with Crippen LogP contribution in [0.25, 0.3) is 0 Å². The molecule has 7 heteroatoms. The van der Waals surface area contributed by atoms with E-state index in [1.165, 1.54) is 11.3 Å². The molecule has 0 aromatic carbocycles. The lowest BCUT2D eigenvalue weighted by atomic mass is 9.92. The molecule has 0 aromatic rings. The zero-order chi connectivity index (χ0) is 16.8. The molecule has 0 radical (unpaired) electrons. The number of carboxylic acid groups (broad SMARTS) is 1. The Hall–Kier alpha value is -1.79. The van der Waals surface area contributed by atoms with E-state index in [1.54, 1.807) is 0 Å². The number of amides is 3. The highest BCUT2D eigenvalue weighted by molar-refractivity contribution is 5.87. The van der Waals surface area contributed by atoms with Crippen molar-refractivity contribution in [3.8, 4) is 0 Å². The molecule has 2 aliphatic rings. The van der Waals surface area contributed by atoms with Crippen molar-refractivity contribution in [1.82, 2.24) is 15.5 Å². The monoisotopic (exact) mass is 325 g/mol. The largest absolute Gasteiger partial charge is 0.480 e. The average Bonchev–Trinajstić information content (AvgIpc) is 2.53. The predicted molar refractivity (Wildman–Crippen MR) is 84.9 cm³/mol. The fourth-order valence-electron chi connectivity index (χ4n) is 3.41. The summed E-state index contributed by atoms with van der Waals surface area (Å²) in [6.07, 6.45) is 6.67. The molecule has 130 valence electrons. The van der Waals surface area contributed by atoms with Crippen LogP contribution in [0.2, 0.25) is 0 Å². The molecule has 2 fully saturated rings. The van der Waals surface area contributed by atoms with E-state index in [1.807, 2.05) is 6.92 Å². The third-order valence-electron chi connectivity index (χ3n) is 4.81. The van der Waals surface area contributed by atoms with E-state index in [0.717, 1.165) is 32.1 Å². The molecule has 0 spiro atoms. The lowest BCUT2D eigenvalue weighted by Crippen LogP contribution is -2.53. The van der Waals surface area contributed by atoms with E-state index in [4.69, 9.17) is 0 Å². The van der Waals surface area contributed by atoms with Gasteiger partial charge in [-0.2, -0.15) is 0 Å². The van der Waals surface area contributed by atoms with Gasteiger partial charge in [0.1, 0.15) is 6.04 Å². The molecule has 1 aliphatic heterocycles. The fraction of sp³-hybridized carbons (Fsp3) is 0.812. The molecule has 0 bridgehead atoms. The number of carbonyl (C=O) groups is 3. The molecule has 1 saturated carbocycles. The Morgan fingerprint density at radius 3 is 2.48 bits per heavy atom. The van der Waals surface area contributed by atoms with Crippen LogP contribution < -0.4 is 10.6 Å². The third kappa shape index (κ3) is 5.11. The highest BCUT2D eigenvalue weighted by Gasteiger charge is 2.34. The molecule has 1 heterocycles. The van der Waals surface area contributed by atoms with Crippen LogP contribution in [0.15, 0.2) is 0 Å². The number of rotatable bonds is 4. The van der Waals surface area contributed by atoms with Gasteiger partial charge in [0.15, 0.2) is 0 Å². The van der Waals surface area contributed by atoms with Crippen LogP contribution in [-0.2, 0) is 9.59 Å². The summed E-state index contributed by atoms with van der Waals surface area (Å²) in [7, 11) is 0. The van der Waals surface area contributed by atoms with Crippen LogP contribution in [0.1, 0.15) is 51.9 Å². The van der Waals surface area contributed by atoms with Gasteiger partial charge < -0.3 is 20.6 Å². The molecule has 23 heavy (non-hydrogen) atoms. The number of nitrogens with zero attached hydrogens (tertiary/aromatic N) is 1. The molecule has 1 aliphatic carbocycles. The van der Waals surface area contributed by atoms with Crippen molar-refractivity contribution < 1.29 is 19.5 Å². The lowest BCUT2D eigenvalue weighted by molar-refractivity contribution is -0.152. The Balaban J connectivity index is 1.78. The maximum absolute atomic E-state index is 12.2. The molecule has 2 atom stereocenters. The van der Waals surface area contributed by atoms with Crippen molar-refractivity contribution in [3.63, 3.8) is 0 Å². The molecule has 2 rings (SSSR count). The van der Waals surface area contributed by atoms with E-state index in [2.05, 4.69) is 10.6 Å². The Morgan fingerprint density at radius 2 is 1.83 bits per heavy atom. The smallest absolute Gasteiger partial charge is 0.326 e. The number of hydrogen-bond acceptors (Lipinski definition) is 3. The molecule has 3 amide bonds. The van der Waals surface area contributed by atoms with Crippen molar-refractivity contribution in [3.05, 3.63) is 0 Å². The van der Waals surface area contributed by atoms with Gasteiger partial charge in [-0.05, 0) is 31.6 Å². The maximum Gasteiger partial charge on any atom is 0.326 e. The summed E-state index contributed by atoms with van der Waals surface area (Å²) in [4.78, 5) is 36.8. The fourth-order valence-corrected chi connectivity index (χ4v) is 3.41. The summed E-state index contributed by atoms with van der Waals surface area (Å²) in [6, 6.07) is -0.946. The van der Waals surface area contributed by atoms with Gasteiger partial charge in [-0.15, -0.1) is 0 Å². The second-order valence-electron chi connectivity index (χ2n) is 6.73. The number of urea groups is 1. The molecular weight excluding hydrogens is 298 g/mol. The lowest BCUT2D eigenvalue weighted by Gasteiger charge is -2.36. The molecule has 7 nitrogen and oxygen atoms in total.